The Balaban J connectivity index is 3.33. The first-order valence-corrected chi connectivity index (χ1v) is 5.06. The van der Waals surface area contributed by atoms with Crippen molar-refractivity contribution in [3.63, 3.8) is 0 Å². The molecule has 18 heavy (non-hydrogen) atoms. The Morgan fingerprint density at radius 3 is 2.33 bits per heavy atom. The first-order chi connectivity index (χ1) is 8.05. The zero-order valence-electron chi connectivity index (χ0n) is 9.78. The SMILES string of the molecule is CC(C)(Cn1c(C(F)(F)F)cccc1=O)C(=O)O. The smallest absolute Gasteiger partial charge is 0.431 e. The lowest BCUT2D eigenvalue weighted by atomic mass is 9.93. The van der Waals surface area contributed by atoms with Crippen molar-refractivity contribution in [1.82, 2.24) is 4.57 Å². The van der Waals surface area contributed by atoms with Gasteiger partial charge in [0.15, 0.2) is 0 Å². The number of hydrogen-bond donors (Lipinski definition) is 1. The molecule has 4 nitrogen and oxygen atoms in total. The number of pyridine rings is 1. The molecule has 100 valence electrons. The van der Waals surface area contributed by atoms with E-state index in [1.807, 2.05) is 0 Å². The monoisotopic (exact) mass is 263 g/mol. The van der Waals surface area contributed by atoms with Crippen molar-refractivity contribution in [2.45, 2.75) is 26.6 Å². The van der Waals surface area contributed by atoms with Gasteiger partial charge in [0, 0.05) is 12.6 Å². The van der Waals surface area contributed by atoms with Gasteiger partial charge in [-0.05, 0) is 19.9 Å². The zero-order valence-corrected chi connectivity index (χ0v) is 9.78. The van der Waals surface area contributed by atoms with Crippen LogP contribution < -0.4 is 5.56 Å². The summed E-state index contributed by atoms with van der Waals surface area (Å²) >= 11 is 0. The summed E-state index contributed by atoms with van der Waals surface area (Å²) in [6.45, 7) is 1.97. The Morgan fingerprint density at radius 1 is 1.33 bits per heavy atom. The topological polar surface area (TPSA) is 59.3 Å². The van der Waals surface area contributed by atoms with E-state index >= 15 is 0 Å². The number of alkyl halides is 3. The lowest BCUT2D eigenvalue weighted by molar-refractivity contribution is -0.151. The maximum Gasteiger partial charge on any atom is 0.431 e. The highest BCUT2D eigenvalue weighted by Gasteiger charge is 2.37. The van der Waals surface area contributed by atoms with E-state index < -0.39 is 35.4 Å². The van der Waals surface area contributed by atoms with Gasteiger partial charge >= 0.3 is 12.1 Å². The minimum absolute atomic E-state index is 0.439. The summed E-state index contributed by atoms with van der Waals surface area (Å²) in [5.41, 5.74) is -3.49. The van der Waals surface area contributed by atoms with E-state index in [9.17, 15) is 22.8 Å². The minimum Gasteiger partial charge on any atom is -0.481 e. The van der Waals surface area contributed by atoms with Crippen LogP contribution in [0.2, 0.25) is 0 Å². The second-order valence-electron chi connectivity index (χ2n) is 4.52. The molecule has 1 aromatic heterocycles. The highest BCUT2D eigenvalue weighted by molar-refractivity contribution is 5.73. The van der Waals surface area contributed by atoms with Gasteiger partial charge in [0.25, 0.3) is 5.56 Å². The van der Waals surface area contributed by atoms with Crippen molar-refractivity contribution in [3.05, 3.63) is 34.2 Å². The van der Waals surface area contributed by atoms with Crippen LogP contribution in [0.4, 0.5) is 13.2 Å². The van der Waals surface area contributed by atoms with Crippen molar-refractivity contribution >= 4 is 5.97 Å². The molecule has 0 amide bonds. The van der Waals surface area contributed by atoms with Crippen molar-refractivity contribution in [2.75, 3.05) is 0 Å². The highest BCUT2D eigenvalue weighted by Crippen LogP contribution is 2.29. The molecule has 0 spiro atoms. The standard InChI is InChI=1S/C11H12F3NO3/c1-10(2,9(17)18)6-15-7(11(12,13)14)4-3-5-8(15)16/h3-5H,6H2,1-2H3,(H,17,18). The Labute approximate surface area is 101 Å². The summed E-state index contributed by atoms with van der Waals surface area (Å²) in [6.07, 6.45) is -4.70. The molecule has 0 aliphatic rings. The molecule has 0 atom stereocenters. The second kappa shape index (κ2) is 4.47. The van der Waals surface area contributed by atoms with E-state index in [0.717, 1.165) is 18.2 Å². The van der Waals surface area contributed by atoms with E-state index in [1.165, 1.54) is 13.8 Å². The van der Waals surface area contributed by atoms with Gasteiger partial charge in [-0.3, -0.25) is 9.59 Å². The fourth-order valence-corrected chi connectivity index (χ4v) is 1.39. The predicted octanol–water partition coefficient (Wildman–Crippen LogP) is 1.98. The Hall–Kier alpha value is -1.79. The summed E-state index contributed by atoms with van der Waals surface area (Å²) in [7, 11) is 0. The van der Waals surface area contributed by atoms with Crippen LogP contribution in [0.5, 0.6) is 0 Å². The molecule has 1 aromatic rings. The minimum atomic E-state index is -4.70. The van der Waals surface area contributed by atoms with E-state index in [2.05, 4.69) is 0 Å². The van der Waals surface area contributed by atoms with Gasteiger partial charge in [0.2, 0.25) is 0 Å². The third-order valence-corrected chi connectivity index (χ3v) is 2.47. The van der Waals surface area contributed by atoms with Crippen LogP contribution in [0.1, 0.15) is 19.5 Å². The number of carboxylic acids is 1. The van der Waals surface area contributed by atoms with Gasteiger partial charge in [0.05, 0.1) is 5.41 Å². The second-order valence-corrected chi connectivity index (χ2v) is 4.52. The van der Waals surface area contributed by atoms with Gasteiger partial charge in [0.1, 0.15) is 5.69 Å². The molecule has 1 heterocycles. The quantitative estimate of drug-likeness (QED) is 0.907. The number of hydrogen-bond acceptors (Lipinski definition) is 2. The number of carboxylic acid groups (broad SMARTS) is 1. The number of carbonyl (C=O) groups is 1. The van der Waals surface area contributed by atoms with Crippen LogP contribution in [0, 0.1) is 5.41 Å². The average Bonchev–Trinajstić information content (AvgIpc) is 2.18. The molecule has 0 fully saturated rings. The van der Waals surface area contributed by atoms with Gasteiger partial charge in [-0.1, -0.05) is 6.07 Å². The normalized spacial score (nSPS) is 12.5. The van der Waals surface area contributed by atoms with E-state index in [0.29, 0.717) is 4.57 Å². The lowest BCUT2D eigenvalue weighted by Gasteiger charge is -2.23. The van der Waals surface area contributed by atoms with Gasteiger partial charge in [-0.15, -0.1) is 0 Å². The summed E-state index contributed by atoms with van der Waals surface area (Å²) in [4.78, 5) is 22.4. The molecule has 0 aliphatic heterocycles. The molecule has 0 saturated heterocycles. The van der Waals surface area contributed by atoms with E-state index in [-0.39, 0.29) is 0 Å². The maximum absolute atomic E-state index is 12.7. The average molecular weight is 263 g/mol. The summed E-state index contributed by atoms with van der Waals surface area (Å²) in [5.74, 6) is -1.27. The molecule has 0 radical (unpaired) electrons. The Kier molecular flexibility index (Phi) is 3.54. The van der Waals surface area contributed by atoms with Crippen LogP contribution in [0.3, 0.4) is 0 Å². The number of nitrogens with zero attached hydrogens (tertiary/aromatic N) is 1. The fraction of sp³-hybridized carbons (Fsp3) is 0.455. The molecule has 0 aliphatic carbocycles. The maximum atomic E-state index is 12.7. The van der Waals surface area contributed by atoms with Crippen molar-refractivity contribution in [2.24, 2.45) is 5.41 Å². The summed E-state index contributed by atoms with van der Waals surface area (Å²) in [6, 6.07) is 2.71. The number of rotatable bonds is 3. The third-order valence-electron chi connectivity index (χ3n) is 2.47. The van der Waals surface area contributed by atoms with E-state index in [4.69, 9.17) is 5.11 Å². The molecular formula is C11H12F3NO3. The molecule has 0 saturated carbocycles. The molecular weight excluding hydrogens is 251 g/mol. The summed E-state index contributed by atoms with van der Waals surface area (Å²) in [5, 5.41) is 8.89. The lowest BCUT2D eigenvalue weighted by Crippen LogP contribution is -2.36. The van der Waals surface area contributed by atoms with Gasteiger partial charge in [-0.25, -0.2) is 0 Å². The molecule has 0 aromatic carbocycles. The molecule has 1 N–H and O–H groups in total. The Morgan fingerprint density at radius 2 is 1.89 bits per heavy atom. The van der Waals surface area contributed by atoms with Crippen molar-refractivity contribution in [3.8, 4) is 0 Å². The first-order valence-electron chi connectivity index (χ1n) is 5.06. The van der Waals surface area contributed by atoms with Crippen LogP contribution in [-0.4, -0.2) is 15.6 Å². The largest absolute Gasteiger partial charge is 0.481 e. The molecule has 7 heteroatoms. The van der Waals surface area contributed by atoms with E-state index in [1.54, 1.807) is 0 Å². The van der Waals surface area contributed by atoms with Crippen LogP contribution in [0.15, 0.2) is 23.0 Å². The van der Waals surface area contributed by atoms with Crippen molar-refractivity contribution < 1.29 is 23.1 Å². The zero-order chi connectivity index (χ0) is 14.1. The van der Waals surface area contributed by atoms with Gasteiger partial charge < -0.3 is 9.67 Å². The first kappa shape index (κ1) is 14.3. The molecule has 0 unspecified atom stereocenters. The van der Waals surface area contributed by atoms with Gasteiger partial charge in [-0.2, -0.15) is 13.2 Å². The van der Waals surface area contributed by atoms with Crippen LogP contribution >= 0.6 is 0 Å². The highest BCUT2D eigenvalue weighted by atomic mass is 19.4. The molecule has 1 rings (SSSR count). The number of aromatic nitrogens is 1. The number of aliphatic carboxylic acids is 1. The van der Waals surface area contributed by atoms with Crippen molar-refractivity contribution in [1.29, 1.82) is 0 Å². The third kappa shape index (κ3) is 2.91. The molecule has 0 bridgehead atoms. The predicted molar refractivity (Wildman–Crippen MR) is 57.1 cm³/mol. The number of halogens is 3. The fourth-order valence-electron chi connectivity index (χ4n) is 1.39. The Bertz CT molecular complexity index is 517. The summed E-state index contributed by atoms with van der Waals surface area (Å²) < 4.78 is 38.5. The van der Waals surface area contributed by atoms with Crippen LogP contribution in [0.25, 0.3) is 0 Å². The van der Waals surface area contributed by atoms with Crippen LogP contribution in [-0.2, 0) is 17.5 Å².